The number of hydrogen-bond acceptors (Lipinski definition) is 1. The zero-order valence-corrected chi connectivity index (χ0v) is 52.5. The summed E-state index contributed by atoms with van der Waals surface area (Å²) in [6.07, 6.45) is 35.4. The fraction of sp³-hybridized carbons (Fsp3) is 0.494. The van der Waals surface area contributed by atoms with E-state index >= 15 is 0 Å². The largest absolute Gasteiger partial charge is 0.247 e. The molecule has 2 atom stereocenters. The molecule has 2 unspecified atom stereocenters. The molecule has 4 aromatic carbocycles. The highest BCUT2D eigenvalue weighted by molar-refractivity contribution is 6.32. The third-order valence-electron chi connectivity index (χ3n) is 17.0. The van der Waals surface area contributed by atoms with Gasteiger partial charge in [-0.1, -0.05) is 288 Å². The van der Waals surface area contributed by atoms with Crippen LogP contribution in [0.15, 0.2) is 144 Å². The molecule has 78 heavy (non-hydrogen) atoms. The zero-order valence-electron chi connectivity index (χ0n) is 52.5. The Bertz CT molecular complexity index is 2790. The molecule has 1 aliphatic carbocycles. The Kier molecular flexibility index (Phi) is 25.2. The molecule has 0 fully saturated rings. The molecule has 1 heteroatoms. The maximum Gasteiger partial charge on any atom is 0.0753 e. The summed E-state index contributed by atoms with van der Waals surface area (Å²) in [6.45, 7) is 42.2. The molecule has 4 aromatic rings. The van der Waals surface area contributed by atoms with Crippen molar-refractivity contribution in [2.75, 3.05) is 0 Å². The topological polar surface area (TPSA) is 12.4 Å². The first kappa shape index (κ1) is 63.6. The number of aliphatic imine (C=N–C) groups is 1. The van der Waals surface area contributed by atoms with Crippen LogP contribution in [0.3, 0.4) is 0 Å². The van der Waals surface area contributed by atoms with Crippen LogP contribution in [0.2, 0.25) is 0 Å². The molecule has 0 heterocycles. The van der Waals surface area contributed by atoms with Crippen molar-refractivity contribution in [2.45, 2.75) is 238 Å². The van der Waals surface area contributed by atoms with E-state index < -0.39 is 0 Å². The molecule has 0 N–H and O–H groups in total. The second-order valence-corrected chi connectivity index (χ2v) is 25.3. The van der Waals surface area contributed by atoms with Crippen LogP contribution in [-0.2, 0) is 18.3 Å². The predicted molar refractivity (Wildman–Crippen MR) is 351 cm³/mol. The molecule has 0 amide bonds. The molecule has 0 radical (unpaired) electrons. The van der Waals surface area contributed by atoms with Crippen molar-refractivity contribution < 1.29 is 0 Å². The van der Waals surface area contributed by atoms with Crippen LogP contribution in [0, 0.1) is 11.3 Å². The van der Waals surface area contributed by atoms with Gasteiger partial charge < -0.3 is 0 Å². The number of benzene rings is 4. The first-order valence-electron chi connectivity index (χ1n) is 31.2. The molecular formula is C77H107N. The zero-order chi connectivity index (χ0) is 57.0. The molecule has 1 aliphatic rings. The Balaban J connectivity index is 1.74. The van der Waals surface area contributed by atoms with E-state index in [2.05, 4.69) is 226 Å². The SMILES string of the molecule is C=C(C(=Nc1c(/C(=C/C=C(\C)c2ccc(-c3ccc(C(C)(C)C)cc3CCCCCCCCC)cc2)CCC)ccc(/C(=C/C=C(\C)C(C)(C)C)C(C)CC)c1C(C)CC)C1=CC=C(CCC)CC1)c1ccc(CCC)cc1. The van der Waals surface area contributed by atoms with E-state index in [-0.39, 0.29) is 16.7 Å². The van der Waals surface area contributed by atoms with E-state index in [9.17, 15) is 0 Å². The van der Waals surface area contributed by atoms with E-state index in [1.54, 1.807) is 0 Å². The van der Waals surface area contributed by atoms with Crippen LogP contribution >= 0.6 is 0 Å². The number of rotatable bonds is 28. The summed E-state index contributed by atoms with van der Waals surface area (Å²) in [5, 5.41) is 0. The Labute approximate surface area is 479 Å². The van der Waals surface area contributed by atoms with Gasteiger partial charge in [-0.25, -0.2) is 4.99 Å². The van der Waals surface area contributed by atoms with Gasteiger partial charge in [-0.2, -0.15) is 0 Å². The lowest BCUT2D eigenvalue weighted by molar-refractivity contribution is 0.504. The van der Waals surface area contributed by atoms with Crippen LogP contribution in [0.1, 0.15) is 264 Å². The molecule has 0 aromatic heterocycles. The first-order valence-corrected chi connectivity index (χ1v) is 31.2. The fourth-order valence-corrected chi connectivity index (χ4v) is 10.9. The van der Waals surface area contributed by atoms with Gasteiger partial charge in [-0.15, -0.1) is 0 Å². The highest BCUT2D eigenvalue weighted by atomic mass is 14.8. The minimum atomic E-state index is 0.0845. The van der Waals surface area contributed by atoms with Crippen molar-refractivity contribution in [3.05, 3.63) is 183 Å². The molecule has 420 valence electrons. The lowest BCUT2D eigenvalue weighted by Gasteiger charge is -2.27. The summed E-state index contributed by atoms with van der Waals surface area (Å²) >= 11 is 0. The summed E-state index contributed by atoms with van der Waals surface area (Å²) < 4.78 is 0. The molecule has 5 rings (SSSR count). The number of unbranched alkanes of at least 4 members (excludes halogenated alkanes) is 6. The summed E-state index contributed by atoms with van der Waals surface area (Å²) in [7, 11) is 0. The molecule has 0 spiro atoms. The minimum Gasteiger partial charge on any atom is -0.247 e. The third-order valence-corrected chi connectivity index (χ3v) is 17.0. The van der Waals surface area contributed by atoms with E-state index in [4.69, 9.17) is 11.6 Å². The number of aryl methyl sites for hydroxylation is 2. The van der Waals surface area contributed by atoms with Gasteiger partial charge in [0.05, 0.1) is 11.4 Å². The van der Waals surface area contributed by atoms with Crippen LogP contribution < -0.4 is 0 Å². The average molecular weight is 1050 g/mol. The van der Waals surface area contributed by atoms with E-state index in [0.717, 1.165) is 93.2 Å². The van der Waals surface area contributed by atoms with E-state index in [1.807, 2.05) is 0 Å². The average Bonchev–Trinajstić information content (AvgIpc) is 3.43. The van der Waals surface area contributed by atoms with Crippen LogP contribution in [-0.4, -0.2) is 5.71 Å². The molecule has 1 nitrogen and oxygen atoms in total. The normalized spacial score (nSPS) is 15.1. The summed E-state index contributed by atoms with van der Waals surface area (Å²) in [6, 6.07) is 30.7. The quantitative estimate of drug-likeness (QED) is 0.0305. The van der Waals surface area contributed by atoms with Crippen LogP contribution in [0.5, 0.6) is 0 Å². The summed E-state index contributed by atoms with van der Waals surface area (Å²) in [5.41, 5.74) is 24.8. The summed E-state index contributed by atoms with van der Waals surface area (Å²) in [4.78, 5) is 6.13. The first-order chi connectivity index (χ1) is 37.3. The van der Waals surface area contributed by atoms with Gasteiger partial charge in [0.2, 0.25) is 0 Å². The fourth-order valence-electron chi connectivity index (χ4n) is 10.9. The van der Waals surface area contributed by atoms with Gasteiger partial charge in [0.1, 0.15) is 0 Å². The number of hydrogen-bond donors (Lipinski definition) is 0. The standard InChI is InChI=1S/C77H107N/c1-18-24-25-26-27-28-29-33-67-54-68(77(15,16)17)49-51-70(67)65-47-45-62(46-48-65)57(9)34-40-64(32-21-4)71-52-53-72(69(55(7)22-5)50-35-58(10)76(12,13)14)73(56(8)23-6)75(71)78-74(66-43-38-61(31-20-3)39-44-66)59(11)63-41-36-60(30-19-2)37-42-63/h34-38,40-43,45-56H,11,18-33,39,44H2,1-10,12-17H3/b57-34+,58-35+,64-40+,69-50+,78-74?. The lowest BCUT2D eigenvalue weighted by Crippen LogP contribution is -2.11. The molecule has 0 saturated carbocycles. The van der Waals surface area contributed by atoms with Crippen LogP contribution in [0.25, 0.3) is 33.4 Å². The second kappa shape index (κ2) is 30.9. The van der Waals surface area contributed by atoms with Crippen molar-refractivity contribution in [3.8, 4) is 11.1 Å². The van der Waals surface area contributed by atoms with Crippen molar-refractivity contribution in [1.29, 1.82) is 0 Å². The van der Waals surface area contributed by atoms with Crippen molar-refractivity contribution in [1.82, 2.24) is 0 Å². The molecule has 0 bridgehead atoms. The molecular weight excluding hydrogens is 939 g/mol. The van der Waals surface area contributed by atoms with Gasteiger partial charge in [0.15, 0.2) is 0 Å². The van der Waals surface area contributed by atoms with E-state index in [0.29, 0.717) is 5.92 Å². The molecule has 0 aliphatic heterocycles. The van der Waals surface area contributed by atoms with Gasteiger partial charge in [-0.3, -0.25) is 0 Å². The van der Waals surface area contributed by atoms with Gasteiger partial charge >= 0.3 is 0 Å². The Morgan fingerprint density at radius 2 is 1.27 bits per heavy atom. The van der Waals surface area contributed by atoms with Gasteiger partial charge in [0, 0.05) is 11.1 Å². The van der Waals surface area contributed by atoms with Gasteiger partial charge in [0.25, 0.3) is 0 Å². The van der Waals surface area contributed by atoms with Crippen molar-refractivity contribution in [3.63, 3.8) is 0 Å². The summed E-state index contributed by atoms with van der Waals surface area (Å²) in [5.74, 6) is 0.624. The number of allylic oxidation sites excluding steroid dienone is 13. The Morgan fingerprint density at radius 3 is 1.86 bits per heavy atom. The maximum absolute atomic E-state index is 6.13. The maximum atomic E-state index is 6.13. The minimum absolute atomic E-state index is 0.0845. The highest BCUT2D eigenvalue weighted by Gasteiger charge is 2.26. The Morgan fingerprint density at radius 1 is 0.615 bits per heavy atom. The third kappa shape index (κ3) is 17.9. The predicted octanol–water partition coefficient (Wildman–Crippen LogP) is 24.4. The van der Waals surface area contributed by atoms with Crippen LogP contribution in [0.4, 0.5) is 5.69 Å². The second-order valence-electron chi connectivity index (χ2n) is 25.3. The Hall–Kier alpha value is -5.27. The van der Waals surface area contributed by atoms with Gasteiger partial charge in [-0.05, 0) is 167 Å². The highest BCUT2D eigenvalue weighted by Crippen LogP contribution is 2.46. The lowest BCUT2D eigenvalue weighted by atomic mass is 9.80. The monoisotopic (exact) mass is 1050 g/mol. The smallest absolute Gasteiger partial charge is 0.0753 e. The molecule has 0 saturated heterocycles. The van der Waals surface area contributed by atoms with E-state index in [1.165, 1.54) is 128 Å². The number of nitrogens with zero attached hydrogens (tertiary/aromatic N) is 1. The van der Waals surface area contributed by atoms with Crippen molar-refractivity contribution >= 4 is 33.7 Å². The van der Waals surface area contributed by atoms with Crippen molar-refractivity contribution in [2.24, 2.45) is 16.3 Å².